The Morgan fingerprint density at radius 2 is 1.96 bits per heavy atom. The zero-order valence-electron chi connectivity index (χ0n) is 13.6. The van der Waals surface area contributed by atoms with E-state index in [0.29, 0.717) is 17.5 Å². The molecule has 130 valence electrons. The maximum atomic E-state index is 5.55. The summed E-state index contributed by atoms with van der Waals surface area (Å²) < 4.78 is 16.2. The standard InChI is InChI=1S/C17H23N3O3S/c24-17(18-16-5-2-11-23-16)20(14-15-4-1-10-22-15)7-3-6-19-8-12-21-13-9-19/h1-2,4-5,10-11H,3,6-9,12-14H2,(H,18,24). The quantitative estimate of drug-likeness (QED) is 0.771. The molecule has 3 heterocycles. The lowest BCUT2D eigenvalue weighted by molar-refractivity contribution is 0.0367. The Morgan fingerprint density at radius 1 is 1.17 bits per heavy atom. The van der Waals surface area contributed by atoms with Crippen molar-refractivity contribution in [2.45, 2.75) is 13.0 Å². The van der Waals surface area contributed by atoms with Gasteiger partial charge in [-0.25, -0.2) is 0 Å². The van der Waals surface area contributed by atoms with E-state index in [-0.39, 0.29) is 0 Å². The number of nitrogens with zero attached hydrogens (tertiary/aromatic N) is 2. The van der Waals surface area contributed by atoms with Gasteiger partial charge in [0.15, 0.2) is 11.0 Å². The molecule has 1 saturated heterocycles. The minimum atomic E-state index is 0.642. The predicted octanol–water partition coefficient (Wildman–Crippen LogP) is 2.79. The Kier molecular flexibility index (Phi) is 6.28. The summed E-state index contributed by atoms with van der Waals surface area (Å²) in [7, 11) is 0. The van der Waals surface area contributed by atoms with Crippen LogP contribution in [0.5, 0.6) is 0 Å². The average Bonchev–Trinajstić information content (AvgIpc) is 3.29. The van der Waals surface area contributed by atoms with Gasteiger partial charge in [0.05, 0.1) is 32.3 Å². The summed E-state index contributed by atoms with van der Waals surface area (Å²) in [6.07, 6.45) is 4.34. The van der Waals surface area contributed by atoms with Gasteiger partial charge in [0.25, 0.3) is 0 Å². The lowest BCUT2D eigenvalue weighted by Gasteiger charge is -2.29. The van der Waals surface area contributed by atoms with Gasteiger partial charge in [-0.2, -0.15) is 0 Å². The van der Waals surface area contributed by atoms with E-state index < -0.39 is 0 Å². The Labute approximate surface area is 147 Å². The molecule has 0 aliphatic carbocycles. The van der Waals surface area contributed by atoms with E-state index in [4.69, 9.17) is 25.8 Å². The second kappa shape index (κ2) is 8.86. The number of hydrogen-bond acceptors (Lipinski definition) is 5. The van der Waals surface area contributed by atoms with Gasteiger partial charge in [-0.3, -0.25) is 4.90 Å². The van der Waals surface area contributed by atoms with Crippen molar-refractivity contribution in [1.29, 1.82) is 0 Å². The monoisotopic (exact) mass is 349 g/mol. The predicted molar refractivity (Wildman–Crippen MR) is 95.9 cm³/mol. The van der Waals surface area contributed by atoms with Crippen molar-refractivity contribution in [1.82, 2.24) is 9.80 Å². The first-order valence-corrected chi connectivity index (χ1v) is 8.64. The summed E-state index contributed by atoms with van der Waals surface area (Å²) >= 11 is 5.55. The van der Waals surface area contributed by atoms with Crippen LogP contribution in [0.2, 0.25) is 0 Å². The number of hydrogen-bond donors (Lipinski definition) is 1. The molecule has 0 bridgehead atoms. The van der Waals surface area contributed by atoms with E-state index >= 15 is 0 Å². The van der Waals surface area contributed by atoms with Crippen molar-refractivity contribution in [3.63, 3.8) is 0 Å². The summed E-state index contributed by atoms with van der Waals surface area (Å²) in [5.74, 6) is 1.54. The Balaban J connectivity index is 1.53. The van der Waals surface area contributed by atoms with E-state index in [1.165, 1.54) is 0 Å². The van der Waals surface area contributed by atoms with Gasteiger partial charge < -0.3 is 23.8 Å². The van der Waals surface area contributed by atoms with Gasteiger partial charge in [0.1, 0.15) is 5.76 Å². The van der Waals surface area contributed by atoms with E-state index in [1.54, 1.807) is 12.5 Å². The average molecular weight is 349 g/mol. The molecule has 0 unspecified atom stereocenters. The molecule has 0 atom stereocenters. The van der Waals surface area contributed by atoms with Gasteiger partial charge in [-0.1, -0.05) is 0 Å². The highest BCUT2D eigenvalue weighted by atomic mass is 32.1. The van der Waals surface area contributed by atoms with Crippen molar-refractivity contribution >= 4 is 23.2 Å². The smallest absolute Gasteiger partial charge is 0.198 e. The summed E-state index contributed by atoms with van der Waals surface area (Å²) in [4.78, 5) is 4.54. The lowest BCUT2D eigenvalue weighted by Crippen LogP contribution is -2.39. The maximum absolute atomic E-state index is 5.55. The second-order valence-corrected chi connectivity index (χ2v) is 6.10. The summed E-state index contributed by atoms with van der Waals surface area (Å²) in [5, 5.41) is 3.78. The normalized spacial score (nSPS) is 15.3. The van der Waals surface area contributed by atoms with Crippen molar-refractivity contribution in [2.24, 2.45) is 0 Å². The largest absolute Gasteiger partial charge is 0.467 e. The molecule has 1 aliphatic heterocycles. The molecule has 1 fully saturated rings. The number of morpholine rings is 1. The van der Waals surface area contributed by atoms with Crippen LogP contribution in [0.4, 0.5) is 5.88 Å². The molecule has 24 heavy (non-hydrogen) atoms. The molecule has 0 radical (unpaired) electrons. The van der Waals surface area contributed by atoms with Gasteiger partial charge in [0.2, 0.25) is 0 Å². The molecule has 2 aromatic heterocycles. The molecular formula is C17H23N3O3S. The third-order valence-electron chi connectivity index (χ3n) is 3.97. The van der Waals surface area contributed by atoms with Crippen LogP contribution in [0.3, 0.4) is 0 Å². The highest BCUT2D eigenvalue weighted by Crippen LogP contribution is 2.12. The van der Waals surface area contributed by atoms with Gasteiger partial charge >= 0.3 is 0 Å². The molecule has 0 aromatic carbocycles. The number of nitrogens with one attached hydrogen (secondary N) is 1. The number of anilines is 1. The first kappa shape index (κ1) is 17.0. The SMILES string of the molecule is S=C(Nc1ccco1)N(CCCN1CCOCC1)Cc1ccco1. The number of furan rings is 2. The van der Waals surface area contributed by atoms with Gasteiger partial charge in [-0.15, -0.1) is 0 Å². The molecule has 2 aromatic rings. The fourth-order valence-electron chi connectivity index (χ4n) is 2.69. The molecular weight excluding hydrogens is 326 g/mol. The van der Waals surface area contributed by atoms with Crippen molar-refractivity contribution in [3.8, 4) is 0 Å². The van der Waals surface area contributed by atoms with Crippen LogP contribution in [0.1, 0.15) is 12.2 Å². The third-order valence-corrected chi connectivity index (χ3v) is 4.33. The highest BCUT2D eigenvalue weighted by Gasteiger charge is 2.15. The van der Waals surface area contributed by atoms with Crippen molar-refractivity contribution in [2.75, 3.05) is 44.7 Å². The molecule has 1 aliphatic rings. The van der Waals surface area contributed by atoms with Crippen LogP contribution in [0, 0.1) is 0 Å². The first-order valence-electron chi connectivity index (χ1n) is 8.23. The van der Waals surface area contributed by atoms with Crippen molar-refractivity contribution in [3.05, 3.63) is 42.6 Å². The zero-order valence-corrected chi connectivity index (χ0v) is 14.5. The molecule has 3 rings (SSSR count). The summed E-state index contributed by atoms with van der Waals surface area (Å²) in [6.45, 7) is 6.21. The van der Waals surface area contributed by atoms with Crippen LogP contribution < -0.4 is 5.32 Å². The Morgan fingerprint density at radius 3 is 2.67 bits per heavy atom. The highest BCUT2D eigenvalue weighted by molar-refractivity contribution is 7.80. The van der Waals surface area contributed by atoms with Crippen molar-refractivity contribution < 1.29 is 13.6 Å². The maximum Gasteiger partial charge on any atom is 0.198 e. The molecule has 0 spiro atoms. The van der Waals surface area contributed by atoms with E-state index in [1.807, 2.05) is 24.3 Å². The number of ether oxygens (including phenoxy) is 1. The van der Waals surface area contributed by atoms with E-state index in [0.717, 1.165) is 51.6 Å². The first-order chi connectivity index (χ1) is 11.8. The molecule has 7 heteroatoms. The molecule has 0 amide bonds. The minimum absolute atomic E-state index is 0.642. The van der Waals surface area contributed by atoms with Crippen LogP contribution in [-0.2, 0) is 11.3 Å². The number of thiocarbonyl (C=S) groups is 1. The lowest BCUT2D eigenvalue weighted by atomic mass is 10.3. The fraction of sp³-hybridized carbons (Fsp3) is 0.471. The third kappa shape index (κ3) is 5.09. The van der Waals surface area contributed by atoms with Crippen LogP contribution >= 0.6 is 12.2 Å². The fourth-order valence-corrected chi connectivity index (χ4v) is 2.94. The number of rotatable bonds is 7. The minimum Gasteiger partial charge on any atom is -0.467 e. The van der Waals surface area contributed by atoms with Gasteiger partial charge in [-0.05, 0) is 36.8 Å². The van der Waals surface area contributed by atoms with Crippen LogP contribution in [0.25, 0.3) is 0 Å². The topological polar surface area (TPSA) is 54.0 Å². The van der Waals surface area contributed by atoms with Crippen LogP contribution in [-0.4, -0.2) is 54.3 Å². The summed E-state index contributed by atoms with van der Waals surface area (Å²) in [6, 6.07) is 7.54. The molecule has 0 saturated carbocycles. The second-order valence-electron chi connectivity index (χ2n) is 5.72. The van der Waals surface area contributed by atoms with E-state index in [2.05, 4.69) is 15.1 Å². The molecule has 1 N–H and O–H groups in total. The zero-order chi connectivity index (χ0) is 16.6. The molecule has 6 nitrogen and oxygen atoms in total. The van der Waals surface area contributed by atoms with Gasteiger partial charge in [0, 0.05) is 32.2 Å². The Bertz CT molecular complexity index is 595. The van der Waals surface area contributed by atoms with E-state index in [9.17, 15) is 0 Å². The van der Waals surface area contributed by atoms with Crippen LogP contribution in [0.15, 0.2) is 45.6 Å². The Hall–Kier alpha value is -1.83. The summed E-state index contributed by atoms with van der Waals surface area (Å²) in [5.41, 5.74) is 0.